The van der Waals surface area contributed by atoms with Gasteiger partial charge in [0.05, 0.1) is 0 Å². The third-order valence-electron chi connectivity index (χ3n) is 2.56. The standard InChI is InChI=1S/C14H13Br2NO/c15-12-3-1-10(2-4-12)9-18-13-5-6-14(16)11(7-13)8-17/h1-7H,8-9,17H2. The van der Waals surface area contributed by atoms with Gasteiger partial charge in [-0.05, 0) is 41.5 Å². The molecule has 2 rings (SSSR count). The molecule has 0 spiro atoms. The second-order valence-electron chi connectivity index (χ2n) is 3.87. The number of hydrogen-bond acceptors (Lipinski definition) is 2. The Balaban J connectivity index is 2.04. The maximum absolute atomic E-state index is 5.74. The van der Waals surface area contributed by atoms with Crippen molar-refractivity contribution in [2.75, 3.05) is 0 Å². The van der Waals surface area contributed by atoms with Crippen LogP contribution in [-0.2, 0) is 13.2 Å². The van der Waals surface area contributed by atoms with E-state index in [1.807, 2.05) is 42.5 Å². The molecule has 4 heteroatoms. The Labute approximate surface area is 123 Å². The predicted molar refractivity (Wildman–Crippen MR) is 80.5 cm³/mol. The minimum atomic E-state index is 0.496. The monoisotopic (exact) mass is 369 g/mol. The Morgan fingerprint density at radius 1 is 1.00 bits per heavy atom. The van der Waals surface area contributed by atoms with Crippen LogP contribution in [0.3, 0.4) is 0 Å². The van der Waals surface area contributed by atoms with Gasteiger partial charge in [-0.1, -0.05) is 44.0 Å². The normalized spacial score (nSPS) is 10.4. The van der Waals surface area contributed by atoms with Crippen LogP contribution in [0, 0.1) is 0 Å². The lowest BCUT2D eigenvalue weighted by Crippen LogP contribution is -2.00. The van der Waals surface area contributed by atoms with Crippen LogP contribution in [0.1, 0.15) is 11.1 Å². The highest BCUT2D eigenvalue weighted by molar-refractivity contribution is 9.10. The van der Waals surface area contributed by atoms with Gasteiger partial charge < -0.3 is 10.5 Å². The minimum absolute atomic E-state index is 0.496. The minimum Gasteiger partial charge on any atom is -0.489 e. The summed E-state index contributed by atoms with van der Waals surface area (Å²) in [6.07, 6.45) is 0. The largest absolute Gasteiger partial charge is 0.489 e. The van der Waals surface area contributed by atoms with E-state index in [0.717, 1.165) is 25.8 Å². The molecule has 2 aromatic rings. The van der Waals surface area contributed by atoms with Crippen LogP contribution in [-0.4, -0.2) is 0 Å². The molecule has 2 nitrogen and oxygen atoms in total. The fourth-order valence-electron chi connectivity index (χ4n) is 1.54. The molecular weight excluding hydrogens is 358 g/mol. The molecule has 0 heterocycles. The fraction of sp³-hybridized carbons (Fsp3) is 0.143. The van der Waals surface area contributed by atoms with E-state index in [0.29, 0.717) is 13.2 Å². The molecule has 18 heavy (non-hydrogen) atoms. The maximum Gasteiger partial charge on any atom is 0.120 e. The highest BCUT2D eigenvalue weighted by atomic mass is 79.9. The van der Waals surface area contributed by atoms with Crippen molar-refractivity contribution in [3.63, 3.8) is 0 Å². The molecule has 2 aromatic carbocycles. The predicted octanol–water partition coefficient (Wildman–Crippen LogP) is 4.25. The topological polar surface area (TPSA) is 35.2 Å². The van der Waals surface area contributed by atoms with Crippen LogP contribution in [0.25, 0.3) is 0 Å². The zero-order valence-electron chi connectivity index (χ0n) is 9.70. The number of rotatable bonds is 4. The summed E-state index contributed by atoms with van der Waals surface area (Å²) in [5.41, 5.74) is 7.83. The zero-order chi connectivity index (χ0) is 13.0. The number of ether oxygens (including phenoxy) is 1. The molecule has 0 atom stereocenters. The van der Waals surface area contributed by atoms with Crippen molar-refractivity contribution in [2.24, 2.45) is 5.73 Å². The summed E-state index contributed by atoms with van der Waals surface area (Å²) in [4.78, 5) is 0. The van der Waals surface area contributed by atoms with E-state index in [-0.39, 0.29) is 0 Å². The van der Waals surface area contributed by atoms with Gasteiger partial charge in [0.15, 0.2) is 0 Å². The summed E-state index contributed by atoms with van der Waals surface area (Å²) in [5, 5.41) is 0. The SMILES string of the molecule is NCc1cc(OCc2ccc(Br)cc2)ccc1Br. The van der Waals surface area contributed by atoms with Crippen LogP contribution in [0.15, 0.2) is 51.4 Å². The summed E-state index contributed by atoms with van der Waals surface area (Å²) in [6.45, 7) is 1.05. The van der Waals surface area contributed by atoms with Crippen molar-refractivity contribution in [3.05, 3.63) is 62.5 Å². The third-order valence-corrected chi connectivity index (χ3v) is 3.86. The van der Waals surface area contributed by atoms with Gasteiger partial charge in [-0.3, -0.25) is 0 Å². The van der Waals surface area contributed by atoms with Crippen LogP contribution in [0.2, 0.25) is 0 Å². The van der Waals surface area contributed by atoms with Gasteiger partial charge in [0.2, 0.25) is 0 Å². The lowest BCUT2D eigenvalue weighted by molar-refractivity contribution is 0.306. The molecular formula is C14H13Br2NO. The Kier molecular flexibility index (Phi) is 4.80. The smallest absolute Gasteiger partial charge is 0.120 e. The van der Waals surface area contributed by atoms with Crippen molar-refractivity contribution in [3.8, 4) is 5.75 Å². The first kappa shape index (κ1) is 13.6. The molecule has 0 saturated heterocycles. The molecule has 0 saturated carbocycles. The fourth-order valence-corrected chi connectivity index (χ4v) is 2.22. The van der Waals surface area contributed by atoms with E-state index < -0.39 is 0 Å². The summed E-state index contributed by atoms with van der Waals surface area (Å²) in [7, 11) is 0. The van der Waals surface area contributed by atoms with Crippen molar-refractivity contribution in [1.29, 1.82) is 0 Å². The van der Waals surface area contributed by atoms with Gasteiger partial charge in [0.1, 0.15) is 12.4 Å². The van der Waals surface area contributed by atoms with Crippen LogP contribution in [0.4, 0.5) is 0 Å². The zero-order valence-corrected chi connectivity index (χ0v) is 12.9. The van der Waals surface area contributed by atoms with E-state index in [2.05, 4.69) is 31.9 Å². The van der Waals surface area contributed by atoms with E-state index >= 15 is 0 Å². The Morgan fingerprint density at radius 3 is 2.39 bits per heavy atom. The first-order valence-corrected chi connectivity index (χ1v) is 7.13. The van der Waals surface area contributed by atoms with Gasteiger partial charge in [0, 0.05) is 15.5 Å². The van der Waals surface area contributed by atoms with E-state index in [9.17, 15) is 0 Å². The van der Waals surface area contributed by atoms with E-state index in [1.165, 1.54) is 0 Å². The lowest BCUT2D eigenvalue weighted by Gasteiger charge is -2.09. The van der Waals surface area contributed by atoms with Gasteiger partial charge in [0.25, 0.3) is 0 Å². The molecule has 0 fully saturated rings. The Hall–Kier alpha value is -0.840. The Bertz CT molecular complexity index is 526. The highest BCUT2D eigenvalue weighted by Crippen LogP contribution is 2.23. The average Bonchev–Trinajstić information content (AvgIpc) is 2.39. The van der Waals surface area contributed by atoms with Crippen LogP contribution >= 0.6 is 31.9 Å². The second kappa shape index (κ2) is 6.36. The van der Waals surface area contributed by atoms with Crippen LogP contribution < -0.4 is 10.5 Å². The first-order valence-electron chi connectivity index (χ1n) is 5.55. The van der Waals surface area contributed by atoms with E-state index in [4.69, 9.17) is 10.5 Å². The van der Waals surface area contributed by atoms with Crippen molar-refractivity contribution in [2.45, 2.75) is 13.2 Å². The number of hydrogen-bond donors (Lipinski definition) is 1. The van der Waals surface area contributed by atoms with Crippen molar-refractivity contribution in [1.82, 2.24) is 0 Å². The number of halogens is 2. The molecule has 0 radical (unpaired) electrons. The summed E-state index contributed by atoms with van der Waals surface area (Å²) in [6, 6.07) is 13.9. The first-order chi connectivity index (χ1) is 8.69. The molecule has 0 aromatic heterocycles. The molecule has 94 valence electrons. The van der Waals surface area contributed by atoms with Crippen molar-refractivity contribution >= 4 is 31.9 Å². The lowest BCUT2D eigenvalue weighted by atomic mass is 10.2. The summed E-state index contributed by atoms with van der Waals surface area (Å²) < 4.78 is 7.82. The number of nitrogens with two attached hydrogens (primary N) is 1. The van der Waals surface area contributed by atoms with Gasteiger partial charge >= 0.3 is 0 Å². The Morgan fingerprint density at radius 2 is 1.72 bits per heavy atom. The highest BCUT2D eigenvalue weighted by Gasteiger charge is 2.01. The molecule has 0 aliphatic rings. The summed E-state index contributed by atoms with van der Waals surface area (Å²) >= 11 is 6.86. The molecule has 0 amide bonds. The van der Waals surface area contributed by atoms with Crippen LogP contribution in [0.5, 0.6) is 5.75 Å². The van der Waals surface area contributed by atoms with Gasteiger partial charge in [-0.25, -0.2) is 0 Å². The molecule has 0 aliphatic carbocycles. The second-order valence-corrected chi connectivity index (χ2v) is 5.64. The van der Waals surface area contributed by atoms with Crippen molar-refractivity contribution < 1.29 is 4.74 Å². The molecule has 0 bridgehead atoms. The van der Waals surface area contributed by atoms with E-state index in [1.54, 1.807) is 0 Å². The summed E-state index contributed by atoms with van der Waals surface area (Å²) in [5.74, 6) is 0.835. The number of benzene rings is 2. The third kappa shape index (κ3) is 3.57. The molecule has 0 aliphatic heterocycles. The quantitative estimate of drug-likeness (QED) is 0.873. The van der Waals surface area contributed by atoms with Gasteiger partial charge in [-0.15, -0.1) is 0 Å². The average molecular weight is 371 g/mol. The molecule has 0 unspecified atom stereocenters. The van der Waals surface area contributed by atoms with Gasteiger partial charge in [-0.2, -0.15) is 0 Å². The maximum atomic E-state index is 5.74. The molecule has 2 N–H and O–H groups in total.